The summed E-state index contributed by atoms with van der Waals surface area (Å²) in [5.74, 6) is 1.12. The Balaban J connectivity index is 2.61. The standard InChI is InChI=1S/C15H10ClN3O2/c1-20-13-4-3-9(6-14(13)21-2)12-5-10(7-17)11(8-18)15(16)19-12/h3-6H,1-2H3. The molecule has 1 aromatic heterocycles. The number of pyridine rings is 1. The van der Waals surface area contributed by atoms with Gasteiger partial charge in [-0.1, -0.05) is 11.6 Å². The van der Waals surface area contributed by atoms with Crippen LogP contribution in [0.5, 0.6) is 11.5 Å². The number of hydrogen-bond donors (Lipinski definition) is 0. The molecule has 0 N–H and O–H groups in total. The molecule has 1 heterocycles. The Morgan fingerprint density at radius 1 is 1.05 bits per heavy atom. The normalized spacial score (nSPS) is 9.57. The van der Waals surface area contributed by atoms with Crippen LogP contribution in [0, 0.1) is 22.7 Å². The number of hydrogen-bond acceptors (Lipinski definition) is 5. The van der Waals surface area contributed by atoms with Gasteiger partial charge in [0, 0.05) is 5.56 Å². The van der Waals surface area contributed by atoms with Crippen molar-refractivity contribution in [1.82, 2.24) is 4.98 Å². The van der Waals surface area contributed by atoms with E-state index in [0.29, 0.717) is 22.8 Å². The van der Waals surface area contributed by atoms with Gasteiger partial charge in [0.15, 0.2) is 11.5 Å². The second kappa shape index (κ2) is 6.13. The lowest BCUT2D eigenvalue weighted by atomic mass is 10.1. The molecule has 0 spiro atoms. The number of rotatable bonds is 3. The molecule has 0 unspecified atom stereocenters. The van der Waals surface area contributed by atoms with Crippen molar-refractivity contribution in [3.63, 3.8) is 0 Å². The van der Waals surface area contributed by atoms with Crippen LogP contribution in [-0.2, 0) is 0 Å². The number of aromatic nitrogens is 1. The Morgan fingerprint density at radius 3 is 2.33 bits per heavy atom. The molecule has 0 amide bonds. The zero-order valence-corrected chi connectivity index (χ0v) is 12.1. The van der Waals surface area contributed by atoms with Crippen molar-refractivity contribution in [3.8, 4) is 34.9 Å². The van der Waals surface area contributed by atoms with Gasteiger partial charge in [-0.05, 0) is 24.3 Å². The highest BCUT2D eigenvalue weighted by Gasteiger charge is 2.13. The van der Waals surface area contributed by atoms with Gasteiger partial charge < -0.3 is 9.47 Å². The first-order valence-electron chi connectivity index (χ1n) is 5.87. The van der Waals surface area contributed by atoms with E-state index in [2.05, 4.69) is 4.98 Å². The number of halogens is 1. The highest BCUT2D eigenvalue weighted by Crippen LogP contribution is 2.33. The first-order chi connectivity index (χ1) is 10.1. The Kier molecular flexibility index (Phi) is 4.27. The maximum absolute atomic E-state index is 9.10. The molecule has 0 aliphatic rings. The van der Waals surface area contributed by atoms with E-state index >= 15 is 0 Å². The van der Waals surface area contributed by atoms with Gasteiger partial charge in [0.25, 0.3) is 0 Å². The Labute approximate surface area is 126 Å². The summed E-state index contributed by atoms with van der Waals surface area (Å²) in [5, 5.41) is 18.1. The van der Waals surface area contributed by atoms with E-state index in [0.717, 1.165) is 0 Å². The predicted octanol–water partition coefficient (Wildman–Crippen LogP) is 3.16. The van der Waals surface area contributed by atoms with Gasteiger partial charge in [-0.3, -0.25) is 0 Å². The minimum atomic E-state index is 0.00124. The first kappa shape index (κ1) is 14.6. The largest absolute Gasteiger partial charge is 0.493 e. The molecule has 0 aliphatic carbocycles. The van der Waals surface area contributed by atoms with Crippen LogP contribution in [0.25, 0.3) is 11.3 Å². The molecule has 2 aromatic rings. The summed E-state index contributed by atoms with van der Waals surface area (Å²) in [6, 6.07) is 10.6. The minimum absolute atomic E-state index is 0.00124. The van der Waals surface area contributed by atoms with E-state index in [1.54, 1.807) is 25.3 Å². The van der Waals surface area contributed by atoms with Crippen LogP contribution in [0.4, 0.5) is 0 Å². The maximum Gasteiger partial charge on any atom is 0.161 e. The average Bonchev–Trinajstić information content (AvgIpc) is 2.53. The summed E-state index contributed by atoms with van der Waals surface area (Å²) in [6.45, 7) is 0. The van der Waals surface area contributed by atoms with Gasteiger partial charge in [-0.25, -0.2) is 4.98 Å². The van der Waals surface area contributed by atoms with Gasteiger partial charge in [0.05, 0.1) is 25.5 Å². The van der Waals surface area contributed by atoms with Crippen molar-refractivity contribution in [1.29, 1.82) is 10.5 Å². The fourth-order valence-corrected chi connectivity index (χ4v) is 2.09. The molecule has 21 heavy (non-hydrogen) atoms. The van der Waals surface area contributed by atoms with Crippen LogP contribution < -0.4 is 9.47 Å². The second-order valence-electron chi connectivity index (χ2n) is 4.01. The third-order valence-electron chi connectivity index (χ3n) is 2.89. The van der Waals surface area contributed by atoms with Crippen molar-refractivity contribution in [3.05, 3.63) is 40.5 Å². The van der Waals surface area contributed by atoms with E-state index in [1.807, 2.05) is 12.1 Å². The topological polar surface area (TPSA) is 78.9 Å². The third-order valence-corrected chi connectivity index (χ3v) is 3.16. The van der Waals surface area contributed by atoms with Crippen LogP contribution in [0.15, 0.2) is 24.3 Å². The SMILES string of the molecule is COc1ccc(-c2cc(C#N)c(C#N)c(Cl)n2)cc1OC. The van der Waals surface area contributed by atoms with E-state index in [9.17, 15) is 0 Å². The lowest BCUT2D eigenvalue weighted by molar-refractivity contribution is 0.355. The van der Waals surface area contributed by atoms with Crippen LogP contribution in [0.2, 0.25) is 5.15 Å². The number of nitrogens with zero attached hydrogens (tertiary/aromatic N) is 3. The number of ether oxygens (including phenoxy) is 2. The molecule has 0 fully saturated rings. The lowest BCUT2D eigenvalue weighted by Gasteiger charge is -2.10. The summed E-state index contributed by atoms with van der Waals surface area (Å²) in [6.07, 6.45) is 0. The van der Waals surface area contributed by atoms with Crippen LogP contribution in [0.3, 0.4) is 0 Å². The summed E-state index contributed by atoms with van der Waals surface area (Å²) >= 11 is 5.95. The summed E-state index contributed by atoms with van der Waals surface area (Å²) < 4.78 is 10.4. The van der Waals surface area contributed by atoms with Crippen molar-refractivity contribution in [2.24, 2.45) is 0 Å². The lowest BCUT2D eigenvalue weighted by Crippen LogP contribution is -1.95. The Morgan fingerprint density at radius 2 is 1.76 bits per heavy atom. The summed E-state index contributed by atoms with van der Waals surface area (Å²) in [4.78, 5) is 4.15. The third kappa shape index (κ3) is 2.74. The zero-order chi connectivity index (χ0) is 15.4. The highest BCUT2D eigenvalue weighted by molar-refractivity contribution is 6.30. The fourth-order valence-electron chi connectivity index (χ4n) is 1.85. The van der Waals surface area contributed by atoms with Crippen LogP contribution >= 0.6 is 11.6 Å². The molecular formula is C15H10ClN3O2. The van der Waals surface area contributed by atoms with Gasteiger partial charge in [-0.2, -0.15) is 10.5 Å². The molecule has 6 heteroatoms. The molecular weight excluding hydrogens is 290 g/mol. The minimum Gasteiger partial charge on any atom is -0.493 e. The second-order valence-corrected chi connectivity index (χ2v) is 4.37. The molecule has 2 rings (SSSR count). The van der Waals surface area contributed by atoms with E-state index in [1.165, 1.54) is 13.2 Å². The Bertz CT molecular complexity index is 776. The average molecular weight is 300 g/mol. The molecule has 0 saturated carbocycles. The quantitative estimate of drug-likeness (QED) is 0.813. The molecule has 5 nitrogen and oxygen atoms in total. The maximum atomic E-state index is 9.10. The van der Waals surface area contributed by atoms with Crippen LogP contribution in [-0.4, -0.2) is 19.2 Å². The van der Waals surface area contributed by atoms with Crippen molar-refractivity contribution in [2.75, 3.05) is 14.2 Å². The monoisotopic (exact) mass is 299 g/mol. The smallest absolute Gasteiger partial charge is 0.161 e. The fraction of sp³-hybridized carbons (Fsp3) is 0.133. The van der Waals surface area contributed by atoms with Gasteiger partial charge >= 0.3 is 0 Å². The molecule has 0 saturated heterocycles. The molecule has 0 radical (unpaired) electrons. The van der Waals surface area contributed by atoms with Crippen molar-refractivity contribution >= 4 is 11.6 Å². The number of nitriles is 2. The first-order valence-corrected chi connectivity index (χ1v) is 6.25. The van der Waals surface area contributed by atoms with Crippen LogP contribution in [0.1, 0.15) is 11.1 Å². The van der Waals surface area contributed by atoms with Gasteiger partial charge in [0.2, 0.25) is 0 Å². The Hall–Kier alpha value is -2.76. The van der Waals surface area contributed by atoms with Gasteiger partial charge in [-0.15, -0.1) is 0 Å². The van der Waals surface area contributed by atoms with E-state index < -0.39 is 0 Å². The molecule has 1 aromatic carbocycles. The number of methoxy groups -OCH3 is 2. The number of benzene rings is 1. The molecule has 0 bridgehead atoms. The molecule has 104 valence electrons. The van der Waals surface area contributed by atoms with Gasteiger partial charge in [0.1, 0.15) is 22.9 Å². The summed E-state index contributed by atoms with van der Waals surface area (Å²) in [7, 11) is 3.07. The highest BCUT2D eigenvalue weighted by atomic mass is 35.5. The predicted molar refractivity (Wildman–Crippen MR) is 77.2 cm³/mol. The van der Waals surface area contributed by atoms with Crippen molar-refractivity contribution < 1.29 is 9.47 Å². The molecule has 0 aliphatic heterocycles. The summed E-state index contributed by atoms with van der Waals surface area (Å²) in [5.41, 5.74) is 1.44. The molecule has 0 atom stereocenters. The van der Waals surface area contributed by atoms with E-state index in [-0.39, 0.29) is 16.3 Å². The van der Waals surface area contributed by atoms with Crippen molar-refractivity contribution in [2.45, 2.75) is 0 Å². The zero-order valence-electron chi connectivity index (χ0n) is 11.3. The van der Waals surface area contributed by atoms with E-state index in [4.69, 9.17) is 31.6 Å².